The van der Waals surface area contributed by atoms with Crippen LogP contribution in [0.3, 0.4) is 0 Å². The van der Waals surface area contributed by atoms with E-state index >= 15 is 0 Å². The molecule has 2 aromatic carbocycles. The summed E-state index contributed by atoms with van der Waals surface area (Å²) in [6.07, 6.45) is -0.988. The first kappa shape index (κ1) is 22.4. The van der Waals surface area contributed by atoms with Gasteiger partial charge in [0.25, 0.3) is 0 Å². The van der Waals surface area contributed by atoms with Crippen molar-refractivity contribution in [2.24, 2.45) is 0 Å². The largest absolute Gasteiger partial charge is 0.493 e. The quantitative estimate of drug-likeness (QED) is 0.614. The molecule has 2 aromatic rings. The summed E-state index contributed by atoms with van der Waals surface area (Å²) >= 11 is 0. The molecule has 0 aliphatic heterocycles. The molecule has 0 radical (unpaired) electrons. The van der Waals surface area contributed by atoms with Crippen molar-refractivity contribution in [3.63, 3.8) is 0 Å². The highest BCUT2D eigenvalue weighted by Crippen LogP contribution is 2.50. The minimum absolute atomic E-state index is 0.0933. The summed E-state index contributed by atoms with van der Waals surface area (Å²) in [5, 5.41) is 22.8. The molecule has 9 nitrogen and oxygen atoms in total. The van der Waals surface area contributed by atoms with E-state index in [9.17, 15) is 19.8 Å². The van der Waals surface area contributed by atoms with Crippen molar-refractivity contribution in [1.29, 1.82) is 0 Å². The lowest BCUT2D eigenvalue weighted by atomic mass is 9.95. The lowest BCUT2D eigenvalue weighted by molar-refractivity contribution is -0.125. The van der Waals surface area contributed by atoms with Gasteiger partial charge in [0.1, 0.15) is 6.61 Å². The topological polar surface area (TPSA) is 124 Å². The number of amides is 1. The van der Waals surface area contributed by atoms with Crippen molar-refractivity contribution in [3.8, 4) is 34.1 Å². The molecule has 0 saturated heterocycles. The van der Waals surface area contributed by atoms with Crippen molar-refractivity contribution in [2.75, 3.05) is 35.0 Å². The molecular weight excluding hydrogens is 406 g/mol. The summed E-state index contributed by atoms with van der Waals surface area (Å²) in [5.41, 5.74) is 1.72. The molecule has 0 spiro atoms. The molecule has 1 aliphatic rings. The van der Waals surface area contributed by atoms with Crippen LogP contribution in [0.1, 0.15) is 17.2 Å². The van der Waals surface area contributed by atoms with E-state index < -0.39 is 30.1 Å². The molecule has 3 rings (SSSR count). The van der Waals surface area contributed by atoms with Gasteiger partial charge in [0.05, 0.1) is 40.6 Å². The van der Waals surface area contributed by atoms with Gasteiger partial charge in [-0.05, 0) is 34.9 Å². The third-order valence-corrected chi connectivity index (χ3v) is 5.25. The smallest absolute Gasteiger partial charge is 0.246 e. The number of rotatable bonds is 6. The molecule has 3 N–H and O–H groups in total. The molecular formula is C22H25NO8. The average molecular weight is 431 g/mol. The highest BCUT2D eigenvalue weighted by molar-refractivity contribution is 5.84. The Balaban J connectivity index is 2.44. The Bertz CT molecular complexity index is 1050. The minimum atomic E-state index is -1.11. The van der Waals surface area contributed by atoms with Gasteiger partial charge in [0.2, 0.25) is 17.1 Å². The normalized spacial score (nSPS) is 17.0. The lowest BCUT2D eigenvalue weighted by Gasteiger charge is -2.23. The van der Waals surface area contributed by atoms with Crippen LogP contribution >= 0.6 is 0 Å². The highest BCUT2D eigenvalue weighted by atomic mass is 16.5. The Morgan fingerprint density at radius 1 is 1.03 bits per heavy atom. The SMILES string of the molecule is COc1cc2c(c(OC)c1OC)-c1ccc(OC)c(=O)cc1C(NC(=O)CO)C(O)C2. The number of carbonyl (C=O) groups is 1. The number of hydrogen-bond donors (Lipinski definition) is 3. The first-order chi connectivity index (χ1) is 14.9. The number of ether oxygens (including phenoxy) is 4. The Morgan fingerprint density at radius 3 is 2.29 bits per heavy atom. The molecule has 1 amide bonds. The molecule has 1 aliphatic carbocycles. The molecule has 2 unspecified atom stereocenters. The van der Waals surface area contributed by atoms with Crippen molar-refractivity contribution in [2.45, 2.75) is 18.6 Å². The van der Waals surface area contributed by atoms with Crippen molar-refractivity contribution in [1.82, 2.24) is 5.32 Å². The fourth-order valence-corrected chi connectivity index (χ4v) is 3.89. The third kappa shape index (κ3) is 4.01. The van der Waals surface area contributed by atoms with Crippen LogP contribution in [0.4, 0.5) is 0 Å². The fraction of sp³-hybridized carbons (Fsp3) is 0.364. The summed E-state index contributed by atoms with van der Waals surface area (Å²) in [5.74, 6) is 0.525. The van der Waals surface area contributed by atoms with Crippen molar-refractivity contribution >= 4 is 5.91 Å². The minimum Gasteiger partial charge on any atom is -0.493 e. The van der Waals surface area contributed by atoms with E-state index in [1.807, 2.05) is 0 Å². The third-order valence-electron chi connectivity index (χ3n) is 5.25. The monoisotopic (exact) mass is 431 g/mol. The van der Waals surface area contributed by atoms with Gasteiger partial charge in [-0.25, -0.2) is 0 Å². The molecule has 31 heavy (non-hydrogen) atoms. The number of hydrogen-bond acceptors (Lipinski definition) is 8. The number of methoxy groups -OCH3 is 4. The van der Waals surface area contributed by atoms with E-state index in [0.29, 0.717) is 39.5 Å². The maximum absolute atomic E-state index is 12.7. The number of nitrogens with one attached hydrogen (secondary N) is 1. The van der Waals surface area contributed by atoms with Gasteiger partial charge >= 0.3 is 0 Å². The first-order valence-corrected chi connectivity index (χ1v) is 9.52. The molecule has 166 valence electrons. The van der Waals surface area contributed by atoms with Crippen LogP contribution in [0, 0.1) is 0 Å². The van der Waals surface area contributed by atoms with Crippen LogP contribution in [0.15, 0.2) is 29.1 Å². The molecule has 0 fully saturated rings. The number of carbonyl (C=O) groups excluding carboxylic acids is 1. The number of aliphatic hydroxyl groups is 2. The van der Waals surface area contributed by atoms with Crippen LogP contribution in [-0.4, -0.2) is 57.3 Å². The summed E-state index contributed by atoms with van der Waals surface area (Å²) in [4.78, 5) is 24.7. The number of benzene rings is 1. The van der Waals surface area contributed by atoms with E-state index in [1.54, 1.807) is 12.1 Å². The maximum atomic E-state index is 12.7. The summed E-state index contributed by atoms with van der Waals surface area (Å²) < 4.78 is 21.8. The molecule has 0 saturated carbocycles. The van der Waals surface area contributed by atoms with Crippen LogP contribution in [0.25, 0.3) is 11.1 Å². The van der Waals surface area contributed by atoms with Crippen LogP contribution in [0.5, 0.6) is 23.0 Å². The summed E-state index contributed by atoms with van der Waals surface area (Å²) in [6.45, 7) is -0.761. The van der Waals surface area contributed by atoms with Gasteiger partial charge in [0, 0.05) is 12.0 Å². The predicted molar refractivity (Wildman–Crippen MR) is 112 cm³/mol. The number of aliphatic hydroxyl groups excluding tert-OH is 2. The van der Waals surface area contributed by atoms with E-state index in [4.69, 9.17) is 18.9 Å². The van der Waals surface area contributed by atoms with Gasteiger partial charge in [-0.2, -0.15) is 0 Å². The van der Waals surface area contributed by atoms with Gasteiger partial charge in [-0.1, -0.05) is 6.07 Å². The maximum Gasteiger partial charge on any atom is 0.246 e. The van der Waals surface area contributed by atoms with E-state index in [0.717, 1.165) is 0 Å². The lowest BCUT2D eigenvalue weighted by Crippen LogP contribution is -2.38. The standard InChI is InChI=1S/C22H25NO8/c1-28-16-6-5-12-13(9-14(16)25)20(23-18(27)10-24)15(26)7-11-8-17(29-2)21(30-3)22(31-4)19(11)12/h5-6,8-9,15,20,24,26H,7,10H2,1-4H3,(H,23,27). The van der Waals surface area contributed by atoms with Crippen molar-refractivity contribution < 1.29 is 34.0 Å². The van der Waals surface area contributed by atoms with Gasteiger partial charge in [-0.15, -0.1) is 0 Å². The van der Waals surface area contributed by atoms with Gasteiger partial charge < -0.3 is 34.5 Å². The first-order valence-electron chi connectivity index (χ1n) is 9.52. The molecule has 0 heterocycles. The molecule has 0 aromatic heterocycles. The second-order valence-corrected chi connectivity index (χ2v) is 6.93. The zero-order valence-electron chi connectivity index (χ0n) is 17.7. The fourth-order valence-electron chi connectivity index (χ4n) is 3.89. The van der Waals surface area contributed by atoms with E-state index in [2.05, 4.69) is 5.32 Å². The van der Waals surface area contributed by atoms with Crippen molar-refractivity contribution in [3.05, 3.63) is 45.6 Å². The summed E-state index contributed by atoms with van der Waals surface area (Å²) in [7, 11) is 5.83. The Labute approximate surface area is 179 Å². The number of fused-ring (bicyclic) bond motifs is 3. The van der Waals surface area contributed by atoms with Crippen LogP contribution < -0.4 is 29.7 Å². The zero-order valence-corrected chi connectivity index (χ0v) is 17.7. The van der Waals surface area contributed by atoms with E-state index in [-0.39, 0.29) is 12.2 Å². The predicted octanol–water partition coefficient (Wildman–Crippen LogP) is 0.815. The van der Waals surface area contributed by atoms with Gasteiger partial charge in [0.15, 0.2) is 17.2 Å². The highest BCUT2D eigenvalue weighted by Gasteiger charge is 2.34. The second kappa shape index (κ2) is 9.23. The summed E-state index contributed by atoms with van der Waals surface area (Å²) in [6, 6.07) is 5.25. The van der Waals surface area contributed by atoms with E-state index in [1.165, 1.54) is 40.6 Å². The molecule has 0 bridgehead atoms. The average Bonchev–Trinajstić information content (AvgIpc) is 2.99. The Kier molecular flexibility index (Phi) is 6.67. The van der Waals surface area contributed by atoms with Crippen LogP contribution in [-0.2, 0) is 11.2 Å². The van der Waals surface area contributed by atoms with Crippen LogP contribution in [0.2, 0.25) is 0 Å². The Morgan fingerprint density at radius 2 is 1.71 bits per heavy atom. The molecule has 2 atom stereocenters. The Hall–Kier alpha value is -3.30. The molecule has 9 heteroatoms. The second-order valence-electron chi connectivity index (χ2n) is 6.93. The van der Waals surface area contributed by atoms with Gasteiger partial charge in [-0.3, -0.25) is 9.59 Å². The zero-order chi connectivity index (χ0) is 22.7.